The van der Waals surface area contributed by atoms with Gasteiger partial charge in [0, 0.05) is 16.1 Å². The Hall–Kier alpha value is -3.94. The molecule has 208 valence electrons. The molecule has 4 rings (SSSR count). The van der Waals surface area contributed by atoms with Gasteiger partial charge in [-0.1, -0.05) is 65.3 Å². The number of alkyl halides is 3. The minimum Gasteiger partial charge on any atom is -0.488 e. The van der Waals surface area contributed by atoms with Gasteiger partial charge in [-0.15, -0.1) is 10.2 Å². The Bertz CT molecular complexity index is 1530. The highest BCUT2D eigenvalue weighted by Gasteiger charge is 2.31. The second-order valence-electron chi connectivity index (χ2n) is 7.99. The third-order valence-corrected chi connectivity index (χ3v) is 6.83. The normalized spacial score (nSPS) is 11.5. The van der Waals surface area contributed by atoms with Gasteiger partial charge in [-0.25, -0.2) is 10.1 Å². The summed E-state index contributed by atoms with van der Waals surface area (Å²) in [5, 5.41) is 15.0. The summed E-state index contributed by atoms with van der Waals surface area (Å²) in [7, 11) is 0. The lowest BCUT2D eigenvalue weighted by Gasteiger charge is -2.11. The van der Waals surface area contributed by atoms with Gasteiger partial charge in [-0.2, -0.15) is 18.3 Å². The van der Waals surface area contributed by atoms with E-state index in [1.807, 2.05) is 30.3 Å². The molecule has 0 aliphatic carbocycles. The monoisotopic (exact) mass is 609 g/mol. The fourth-order valence-corrected chi connectivity index (χ4v) is 4.23. The standard InChI is InChI=1S/C25H20Cl2F3N7O2S/c26-18-7-3-1-6-16(18)13-39-21-8-4-2-5-15(21)12-32-34-23-35-36-24(37(23)31)40-14-22(38)33-20-11-17(25(28,29)30)9-10-19(20)27/h1-12H,13-14,31H2,(H,33,38)(H,34,35)/b32-12+. The first-order valence-electron chi connectivity index (χ1n) is 11.4. The van der Waals surface area contributed by atoms with E-state index in [-0.39, 0.29) is 34.2 Å². The molecule has 9 nitrogen and oxygen atoms in total. The molecule has 0 saturated carbocycles. The molecule has 15 heteroatoms. The van der Waals surface area contributed by atoms with Gasteiger partial charge in [0.1, 0.15) is 12.4 Å². The van der Waals surface area contributed by atoms with Crippen LogP contribution in [0.5, 0.6) is 5.75 Å². The van der Waals surface area contributed by atoms with Crippen molar-refractivity contribution in [1.82, 2.24) is 14.9 Å². The second kappa shape index (κ2) is 12.9. The molecule has 1 heterocycles. The molecule has 40 heavy (non-hydrogen) atoms. The number of amides is 1. The van der Waals surface area contributed by atoms with E-state index in [9.17, 15) is 18.0 Å². The summed E-state index contributed by atoms with van der Waals surface area (Å²) >= 11 is 13.0. The zero-order valence-corrected chi connectivity index (χ0v) is 22.7. The van der Waals surface area contributed by atoms with E-state index in [2.05, 4.69) is 26.0 Å². The maximum Gasteiger partial charge on any atom is 0.416 e. The lowest BCUT2D eigenvalue weighted by atomic mass is 10.2. The minimum atomic E-state index is -4.58. The van der Waals surface area contributed by atoms with Crippen LogP contribution in [-0.4, -0.2) is 32.7 Å². The molecule has 4 N–H and O–H groups in total. The van der Waals surface area contributed by atoms with Crippen LogP contribution in [0, 0.1) is 0 Å². The third kappa shape index (κ3) is 7.58. The molecular weight excluding hydrogens is 590 g/mol. The number of hydrogen-bond acceptors (Lipinski definition) is 8. The van der Waals surface area contributed by atoms with E-state index < -0.39 is 17.6 Å². The maximum atomic E-state index is 13.0. The van der Waals surface area contributed by atoms with Crippen molar-refractivity contribution in [2.75, 3.05) is 22.3 Å². The van der Waals surface area contributed by atoms with Gasteiger partial charge >= 0.3 is 6.18 Å². The lowest BCUT2D eigenvalue weighted by molar-refractivity contribution is -0.137. The van der Waals surface area contributed by atoms with Crippen LogP contribution in [-0.2, 0) is 17.6 Å². The number of hydrogen-bond donors (Lipinski definition) is 3. The van der Waals surface area contributed by atoms with Gasteiger partial charge in [0.25, 0.3) is 5.95 Å². The zero-order valence-electron chi connectivity index (χ0n) is 20.3. The Kier molecular flexibility index (Phi) is 9.40. The number of thioether (sulfide) groups is 1. The van der Waals surface area contributed by atoms with Crippen molar-refractivity contribution >= 4 is 58.7 Å². The Morgan fingerprint density at radius 2 is 1.82 bits per heavy atom. The summed E-state index contributed by atoms with van der Waals surface area (Å²) in [6.45, 7) is 0.267. The molecule has 1 aromatic heterocycles. The topological polar surface area (TPSA) is 119 Å². The molecule has 0 aliphatic rings. The van der Waals surface area contributed by atoms with Crippen LogP contribution in [0.3, 0.4) is 0 Å². The molecular formula is C25H20Cl2F3N7O2S. The molecule has 0 saturated heterocycles. The summed E-state index contributed by atoms with van der Waals surface area (Å²) < 4.78 is 45.8. The van der Waals surface area contributed by atoms with E-state index >= 15 is 0 Å². The summed E-state index contributed by atoms with van der Waals surface area (Å²) in [4.78, 5) is 12.3. The average molecular weight is 610 g/mol. The molecule has 0 aliphatic heterocycles. The number of aromatic nitrogens is 3. The summed E-state index contributed by atoms with van der Waals surface area (Å²) in [5.74, 6) is 5.81. The van der Waals surface area contributed by atoms with Crippen LogP contribution in [0.1, 0.15) is 16.7 Å². The van der Waals surface area contributed by atoms with Crippen LogP contribution in [0.4, 0.5) is 24.8 Å². The highest BCUT2D eigenvalue weighted by Crippen LogP contribution is 2.34. The molecule has 4 aromatic rings. The molecule has 0 unspecified atom stereocenters. The SMILES string of the molecule is Nn1c(N/N=C/c2ccccc2OCc2ccccc2Cl)nnc1SCC(=O)Nc1cc(C(F)(F)F)ccc1Cl. The number of ether oxygens (including phenoxy) is 1. The number of para-hydroxylation sites is 1. The van der Waals surface area contributed by atoms with Gasteiger partial charge in [-0.3, -0.25) is 4.79 Å². The Balaban J connectivity index is 1.33. The van der Waals surface area contributed by atoms with Gasteiger partial charge in [-0.05, 0) is 36.4 Å². The van der Waals surface area contributed by atoms with Crippen LogP contribution >= 0.6 is 35.0 Å². The fourth-order valence-electron chi connectivity index (χ4n) is 3.21. The van der Waals surface area contributed by atoms with Gasteiger partial charge in [0.15, 0.2) is 0 Å². The molecule has 0 atom stereocenters. The summed E-state index contributed by atoms with van der Waals surface area (Å²) in [5.41, 5.74) is 3.07. The first-order valence-corrected chi connectivity index (χ1v) is 13.1. The largest absolute Gasteiger partial charge is 0.488 e. The highest BCUT2D eigenvalue weighted by molar-refractivity contribution is 7.99. The predicted molar refractivity (Wildman–Crippen MR) is 149 cm³/mol. The molecule has 1 amide bonds. The average Bonchev–Trinajstić information content (AvgIpc) is 3.27. The number of hydrazone groups is 1. The van der Waals surface area contributed by atoms with Gasteiger partial charge in [0.2, 0.25) is 11.1 Å². The number of carbonyl (C=O) groups is 1. The van der Waals surface area contributed by atoms with Crippen molar-refractivity contribution in [2.24, 2.45) is 5.10 Å². The molecule has 3 aromatic carbocycles. The smallest absolute Gasteiger partial charge is 0.416 e. The molecule has 0 bridgehead atoms. The summed E-state index contributed by atoms with van der Waals surface area (Å²) in [6.07, 6.45) is -3.07. The second-order valence-corrected chi connectivity index (χ2v) is 9.75. The Morgan fingerprint density at radius 1 is 1.07 bits per heavy atom. The van der Waals surface area contributed by atoms with E-state index in [0.717, 1.165) is 40.2 Å². The number of anilines is 2. The van der Waals surface area contributed by atoms with Crippen LogP contribution < -0.4 is 21.3 Å². The molecule has 0 spiro atoms. The van der Waals surface area contributed by atoms with Gasteiger partial charge < -0.3 is 15.9 Å². The lowest BCUT2D eigenvalue weighted by Crippen LogP contribution is -2.17. The van der Waals surface area contributed by atoms with E-state index in [1.54, 1.807) is 18.2 Å². The number of halogens is 5. The number of benzene rings is 3. The van der Waals surface area contributed by atoms with Crippen molar-refractivity contribution < 1.29 is 22.7 Å². The van der Waals surface area contributed by atoms with Crippen LogP contribution in [0.2, 0.25) is 10.0 Å². The molecule has 0 fully saturated rings. The number of nitrogen functional groups attached to an aromatic ring is 1. The van der Waals surface area contributed by atoms with E-state index in [0.29, 0.717) is 16.3 Å². The third-order valence-electron chi connectivity index (χ3n) is 5.19. The minimum absolute atomic E-state index is 0.0338. The number of nitrogens with zero attached hydrogens (tertiary/aromatic N) is 4. The number of nitrogens with one attached hydrogen (secondary N) is 2. The van der Waals surface area contributed by atoms with Crippen molar-refractivity contribution in [3.05, 3.63) is 93.5 Å². The van der Waals surface area contributed by atoms with Crippen molar-refractivity contribution in [3.63, 3.8) is 0 Å². The van der Waals surface area contributed by atoms with Crippen molar-refractivity contribution in [3.8, 4) is 5.75 Å². The zero-order chi connectivity index (χ0) is 28.7. The first-order chi connectivity index (χ1) is 19.1. The first kappa shape index (κ1) is 29.1. The van der Waals surface area contributed by atoms with Crippen LogP contribution in [0.25, 0.3) is 0 Å². The predicted octanol–water partition coefficient (Wildman–Crippen LogP) is 6.07. The van der Waals surface area contributed by atoms with E-state index in [1.165, 1.54) is 6.21 Å². The van der Waals surface area contributed by atoms with Crippen molar-refractivity contribution in [1.29, 1.82) is 0 Å². The number of rotatable bonds is 10. The molecule has 0 radical (unpaired) electrons. The maximum absolute atomic E-state index is 13.0. The van der Waals surface area contributed by atoms with Gasteiger partial charge in [0.05, 0.1) is 28.2 Å². The Morgan fingerprint density at radius 3 is 2.60 bits per heavy atom. The number of carbonyl (C=O) groups excluding carboxylic acids is 1. The van der Waals surface area contributed by atoms with Crippen molar-refractivity contribution in [2.45, 2.75) is 17.9 Å². The highest BCUT2D eigenvalue weighted by atomic mass is 35.5. The van der Waals surface area contributed by atoms with Crippen LogP contribution in [0.15, 0.2) is 77.0 Å². The quantitative estimate of drug-likeness (QED) is 0.0863. The number of nitrogens with two attached hydrogens (primary N) is 1. The Labute approximate surface area is 240 Å². The van der Waals surface area contributed by atoms with E-state index in [4.69, 9.17) is 33.8 Å². The summed E-state index contributed by atoms with van der Waals surface area (Å²) in [6, 6.07) is 17.2. The fraction of sp³-hybridized carbons (Fsp3) is 0.120.